The summed E-state index contributed by atoms with van der Waals surface area (Å²) in [7, 11) is 1.75. The Bertz CT molecular complexity index is 478. The van der Waals surface area contributed by atoms with E-state index in [0.717, 1.165) is 25.3 Å². The number of likely N-dealkylation sites (N-methyl/N-ethyl adjacent to an activating group) is 1. The van der Waals surface area contributed by atoms with Crippen molar-refractivity contribution in [3.05, 3.63) is 28.8 Å². The predicted molar refractivity (Wildman–Crippen MR) is 87.1 cm³/mol. The van der Waals surface area contributed by atoms with E-state index < -0.39 is 0 Å². The average molecular weight is 291 g/mol. The summed E-state index contributed by atoms with van der Waals surface area (Å²) in [5, 5.41) is 3.64. The second-order valence-corrected chi connectivity index (χ2v) is 6.31. The van der Waals surface area contributed by atoms with Crippen LogP contribution in [0.5, 0.6) is 5.75 Å². The molecule has 1 aromatic rings. The van der Waals surface area contributed by atoms with E-state index in [1.165, 1.54) is 29.5 Å². The van der Waals surface area contributed by atoms with Gasteiger partial charge in [0, 0.05) is 12.2 Å². The number of ether oxygens (including phenoxy) is 2. The molecule has 3 nitrogen and oxygen atoms in total. The van der Waals surface area contributed by atoms with Crippen LogP contribution in [-0.2, 0) is 4.74 Å². The van der Waals surface area contributed by atoms with Gasteiger partial charge in [0.2, 0.25) is 0 Å². The van der Waals surface area contributed by atoms with Crippen LogP contribution in [-0.4, -0.2) is 25.9 Å². The van der Waals surface area contributed by atoms with E-state index in [2.05, 4.69) is 45.1 Å². The van der Waals surface area contributed by atoms with Gasteiger partial charge in [-0.05, 0) is 63.8 Å². The Morgan fingerprint density at radius 1 is 1.33 bits per heavy atom. The third kappa shape index (κ3) is 3.41. The van der Waals surface area contributed by atoms with Gasteiger partial charge in [-0.1, -0.05) is 13.0 Å². The molecule has 118 valence electrons. The predicted octanol–water partition coefficient (Wildman–Crippen LogP) is 3.92. The molecular formula is C18H29NO2. The van der Waals surface area contributed by atoms with Crippen molar-refractivity contribution in [3.8, 4) is 5.75 Å². The summed E-state index contributed by atoms with van der Waals surface area (Å²) in [4.78, 5) is 0. The van der Waals surface area contributed by atoms with Crippen LogP contribution in [0.1, 0.15) is 55.8 Å². The summed E-state index contributed by atoms with van der Waals surface area (Å²) >= 11 is 0. The normalized spacial score (nSPS) is 23.9. The molecule has 0 spiro atoms. The van der Waals surface area contributed by atoms with Crippen molar-refractivity contribution in [2.75, 3.05) is 20.3 Å². The van der Waals surface area contributed by atoms with Crippen molar-refractivity contribution >= 4 is 0 Å². The lowest BCUT2D eigenvalue weighted by molar-refractivity contribution is -0.0899. The Morgan fingerprint density at radius 3 is 2.67 bits per heavy atom. The zero-order chi connectivity index (χ0) is 15.5. The van der Waals surface area contributed by atoms with Gasteiger partial charge in [-0.15, -0.1) is 0 Å². The highest BCUT2D eigenvalue weighted by atomic mass is 16.5. The molecule has 1 saturated heterocycles. The SMILES string of the molecule is CCNC(c1c(C)cc(C)cc1OC)C1(C)CCCCO1. The quantitative estimate of drug-likeness (QED) is 0.892. The molecule has 1 fully saturated rings. The van der Waals surface area contributed by atoms with Gasteiger partial charge in [0.15, 0.2) is 0 Å². The van der Waals surface area contributed by atoms with Crippen LogP contribution in [0, 0.1) is 13.8 Å². The van der Waals surface area contributed by atoms with Crippen molar-refractivity contribution in [2.24, 2.45) is 0 Å². The van der Waals surface area contributed by atoms with E-state index in [0.29, 0.717) is 0 Å². The number of benzene rings is 1. The topological polar surface area (TPSA) is 30.5 Å². The molecule has 0 aromatic heterocycles. The lowest BCUT2D eigenvalue weighted by Gasteiger charge is -2.42. The fourth-order valence-corrected chi connectivity index (χ4v) is 3.49. The lowest BCUT2D eigenvalue weighted by Crippen LogP contribution is -2.46. The summed E-state index contributed by atoms with van der Waals surface area (Å²) in [6, 6.07) is 4.52. The Hall–Kier alpha value is -1.06. The number of rotatable bonds is 5. The van der Waals surface area contributed by atoms with Crippen LogP contribution in [0.25, 0.3) is 0 Å². The molecule has 2 atom stereocenters. The fraction of sp³-hybridized carbons (Fsp3) is 0.667. The number of nitrogens with one attached hydrogen (secondary N) is 1. The van der Waals surface area contributed by atoms with Crippen molar-refractivity contribution in [2.45, 2.75) is 58.6 Å². The second kappa shape index (κ2) is 6.80. The van der Waals surface area contributed by atoms with Crippen LogP contribution >= 0.6 is 0 Å². The highest BCUT2D eigenvalue weighted by molar-refractivity contribution is 5.46. The monoisotopic (exact) mass is 291 g/mol. The average Bonchev–Trinajstić information content (AvgIpc) is 2.45. The van der Waals surface area contributed by atoms with Gasteiger partial charge in [0.1, 0.15) is 5.75 Å². The van der Waals surface area contributed by atoms with E-state index in [1.807, 2.05) is 0 Å². The van der Waals surface area contributed by atoms with E-state index in [4.69, 9.17) is 9.47 Å². The molecule has 1 aliphatic rings. The van der Waals surface area contributed by atoms with E-state index in [-0.39, 0.29) is 11.6 Å². The van der Waals surface area contributed by atoms with E-state index in [1.54, 1.807) is 7.11 Å². The van der Waals surface area contributed by atoms with Crippen molar-refractivity contribution < 1.29 is 9.47 Å². The molecule has 1 heterocycles. The lowest BCUT2D eigenvalue weighted by atomic mass is 9.81. The first kappa shape index (κ1) is 16.3. The molecular weight excluding hydrogens is 262 g/mol. The van der Waals surface area contributed by atoms with Crippen LogP contribution in [0.15, 0.2) is 12.1 Å². The highest BCUT2D eigenvalue weighted by Gasteiger charge is 2.39. The maximum absolute atomic E-state index is 6.20. The van der Waals surface area contributed by atoms with Gasteiger partial charge in [0.05, 0.1) is 18.8 Å². The molecule has 1 aromatic carbocycles. The Morgan fingerprint density at radius 2 is 2.10 bits per heavy atom. The number of hydrogen-bond acceptors (Lipinski definition) is 3. The van der Waals surface area contributed by atoms with Crippen LogP contribution in [0.3, 0.4) is 0 Å². The first-order chi connectivity index (χ1) is 10.0. The second-order valence-electron chi connectivity index (χ2n) is 6.31. The Labute approximate surface area is 129 Å². The molecule has 0 saturated carbocycles. The number of methoxy groups -OCH3 is 1. The smallest absolute Gasteiger partial charge is 0.124 e. The standard InChI is InChI=1S/C18H29NO2/c1-6-19-17(18(4)9-7-8-10-21-18)16-14(3)11-13(2)12-15(16)20-5/h11-12,17,19H,6-10H2,1-5H3. The third-order valence-electron chi connectivity index (χ3n) is 4.52. The molecule has 21 heavy (non-hydrogen) atoms. The molecule has 0 bridgehead atoms. The molecule has 0 amide bonds. The first-order valence-electron chi connectivity index (χ1n) is 8.04. The largest absolute Gasteiger partial charge is 0.496 e. The minimum absolute atomic E-state index is 0.165. The fourth-order valence-electron chi connectivity index (χ4n) is 3.49. The van der Waals surface area contributed by atoms with Gasteiger partial charge >= 0.3 is 0 Å². The number of aryl methyl sites for hydroxylation is 2. The van der Waals surface area contributed by atoms with Crippen LogP contribution in [0.2, 0.25) is 0 Å². The summed E-state index contributed by atoms with van der Waals surface area (Å²) in [5.74, 6) is 0.967. The van der Waals surface area contributed by atoms with Crippen molar-refractivity contribution in [3.63, 3.8) is 0 Å². The minimum atomic E-state index is -0.165. The summed E-state index contributed by atoms with van der Waals surface area (Å²) < 4.78 is 11.9. The van der Waals surface area contributed by atoms with Crippen molar-refractivity contribution in [1.29, 1.82) is 0 Å². The zero-order valence-electron chi connectivity index (χ0n) is 14.1. The summed E-state index contributed by atoms with van der Waals surface area (Å²) in [6.07, 6.45) is 3.48. The van der Waals surface area contributed by atoms with Gasteiger partial charge in [-0.3, -0.25) is 0 Å². The van der Waals surface area contributed by atoms with E-state index in [9.17, 15) is 0 Å². The maximum atomic E-state index is 6.20. The van der Waals surface area contributed by atoms with Crippen molar-refractivity contribution in [1.82, 2.24) is 5.32 Å². The Balaban J connectivity index is 2.47. The summed E-state index contributed by atoms with van der Waals surface area (Å²) in [5.41, 5.74) is 3.59. The molecule has 0 radical (unpaired) electrons. The Kier molecular flexibility index (Phi) is 5.28. The minimum Gasteiger partial charge on any atom is -0.496 e. The van der Waals surface area contributed by atoms with Crippen LogP contribution in [0.4, 0.5) is 0 Å². The molecule has 2 unspecified atom stereocenters. The molecule has 3 heteroatoms. The van der Waals surface area contributed by atoms with Gasteiger partial charge in [-0.25, -0.2) is 0 Å². The van der Waals surface area contributed by atoms with Crippen LogP contribution < -0.4 is 10.1 Å². The number of hydrogen-bond donors (Lipinski definition) is 1. The first-order valence-corrected chi connectivity index (χ1v) is 8.04. The molecule has 1 aliphatic heterocycles. The molecule has 2 rings (SSSR count). The summed E-state index contributed by atoms with van der Waals surface area (Å²) in [6.45, 7) is 10.4. The molecule has 0 aliphatic carbocycles. The van der Waals surface area contributed by atoms with Gasteiger partial charge < -0.3 is 14.8 Å². The highest BCUT2D eigenvalue weighted by Crippen LogP contribution is 2.41. The van der Waals surface area contributed by atoms with Gasteiger partial charge in [-0.2, -0.15) is 0 Å². The molecule has 1 N–H and O–H groups in total. The third-order valence-corrected chi connectivity index (χ3v) is 4.52. The zero-order valence-corrected chi connectivity index (χ0v) is 14.1. The van der Waals surface area contributed by atoms with Gasteiger partial charge in [0.25, 0.3) is 0 Å². The maximum Gasteiger partial charge on any atom is 0.124 e. The van der Waals surface area contributed by atoms with E-state index >= 15 is 0 Å².